The molecule has 0 aliphatic heterocycles. The molecule has 146 valence electrons. The van der Waals surface area contributed by atoms with Crippen LogP contribution in [0.5, 0.6) is 0 Å². The Balaban J connectivity index is 1.81. The van der Waals surface area contributed by atoms with Crippen molar-refractivity contribution in [2.75, 3.05) is 10.6 Å². The molecule has 2 heterocycles. The summed E-state index contributed by atoms with van der Waals surface area (Å²) in [6, 6.07) is 7.14. The van der Waals surface area contributed by atoms with Crippen molar-refractivity contribution >= 4 is 35.6 Å². The van der Waals surface area contributed by atoms with E-state index < -0.39 is 11.8 Å². The van der Waals surface area contributed by atoms with Crippen LogP contribution in [-0.4, -0.2) is 34.7 Å². The Kier molecular flexibility index (Phi) is 8.06. The molecule has 2 aromatic heterocycles. The third kappa shape index (κ3) is 7.20. The van der Waals surface area contributed by atoms with Gasteiger partial charge < -0.3 is 21.0 Å². The molecule has 0 atom stereocenters. The van der Waals surface area contributed by atoms with Gasteiger partial charge in [0.15, 0.2) is 24.8 Å². The monoisotopic (exact) mass is 386 g/mol. The lowest BCUT2D eigenvalue weighted by atomic mass is 10.3. The van der Waals surface area contributed by atoms with E-state index in [0.29, 0.717) is 11.4 Å². The minimum atomic E-state index is -0.506. The number of rotatable bonds is 9. The van der Waals surface area contributed by atoms with Crippen LogP contribution in [0.4, 0.5) is 11.4 Å². The quantitative estimate of drug-likeness (QED) is 0.165. The largest absolute Gasteiger partial charge is 0.411 e. The fourth-order valence-corrected chi connectivity index (χ4v) is 2.51. The van der Waals surface area contributed by atoms with E-state index in [0.717, 1.165) is 38.4 Å². The van der Waals surface area contributed by atoms with Gasteiger partial charge in [0.2, 0.25) is 0 Å². The molecular weight excluding hydrogens is 364 g/mol. The van der Waals surface area contributed by atoms with E-state index in [1.807, 2.05) is 33.7 Å². The van der Waals surface area contributed by atoms with Crippen LogP contribution in [0.2, 0.25) is 0 Å². The highest BCUT2D eigenvalue weighted by Gasteiger charge is 2.08. The van der Waals surface area contributed by atoms with Crippen LogP contribution >= 0.6 is 0 Å². The minimum Gasteiger partial charge on any atom is -0.411 e. The van der Waals surface area contributed by atoms with E-state index in [-0.39, 0.29) is 0 Å². The zero-order chi connectivity index (χ0) is 20.2. The first-order valence-electron chi connectivity index (χ1n) is 8.56. The van der Waals surface area contributed by atoms with Crippen LogP contribution in [0.1, 0.15) is 12.8 Å². The topological polar surface area (TPSA) is 131 Å². The number of hydrogen-bond acceptors (Lipinski definition) is 6. The molecule has 4 N–H and O–H groups in total. The summed E-state index contributed by atoms with van der Waals surface area (Å²) in [6.07, 6.45) is 10.8. The lowest BCUT2D eigenvalue weighted by Crippen LogP contribution is -2.36. The summed E-state index contributed by atoms with van der Waals surface area (Å²) >= 11 is 0. The van der Waals surface area contributed by atoms with Crippen molar-refractivity contribution < 1.29 is 29.1 Å². The molecule has 10 heteroatoms. The van der Waals surface area contributed by atoms with Gasteiger partial charge >= 0.3 is 0 Å². The number of aromatic nitrogens is 2. The lowest BCUT2D eigenvalue weighted by Gasteiger charge is -2.02. The Labute approximate surface area is 161 Å². The van der Waals surface area contributed by atoms with Gasteiger partial charge in [0.05, 0.1) is 0 Å². The number of carbonyl (C=O) groups excluding carboxylic acids is 2. The van der Waals surface area contributed by atoms with Crippen molar-refractivity contribution in [3.8, 4) is 0 Å². The Morgan fingerprint density at radius 2 is 1.29 bits per heavy atom. The summed E-state index contributed by atoms with van der Waals surface area (Å²) in [5.74, 6) is -1.01. The minimum absolute atomic E-state index is 0.506. The van der Waals surface area contributed by atoms with Crippen LogP contribution in [0.25, 0.3) is 0 Å². The molecule has 2 rings (SSSR count). The molecule has 2 aromatic rings. The number of pyridine rings is 2. The van der Waals surface area contributed by atoms with Gasteiger partial charge in [-0.25, -0.2) is 9.13 Å². The van der Waals surface area contributed by atoms with Crippen molar-refractivity contribution in [3.05, 3.63) is 49.1 Å². The van der Waals surface area contributed by atoms with E-state index in [1.165, 1.54) is 0 Å². The van der Waals surface area contributed by atoms with Gasteiger partial charge in [-0.2, -0.15) is 0 Å². The maximum atomic E-state index is 11.4. The average molecular weight is 386 g/mol. The molecule has 0 aliphatic carbocycles. The number of nitrogens with zero attached hydrogens (tertiary/aromatic N) is 4. The van der Waals surface area contributed by atoms with Gasteiger partial charge in [-0.1, -0.05) is 10.3 Å². The number of hydrogen-bond donors (Lipinski definition) is 4. The summed E-state index contributed by atoms with van der Waals surface area (Å²) in [7, 11) is 0. The first-order valence-corrected chi connectivity index (χ1v) is 8.56. The Morgan fingerprint density at radius 3 is 1.68 bits per heavy atom. The highest BCUT2D eigenvalue weighted by Crippen LogP contribution is 2.03. The second kappa shape index (κ2) is 11.0. The smallest absolute Gasteiger partial charge is 0.270 e. The number of anilines is 2. The predicted molar refractivity (Wildman–Crippen MR) is 100 cm³/mol. The predicted octanol–water partition coefficient (Wildman–Crippen LogP) is 0.539. The average Bonchev–Trinajstić information content (AvgIpc) is 2.66. The van der Waals surface area contributed by atoms with Crippen LogP contribution in [0.15, 0.2) is 59.4 Å². The van der Waals surface area contributed by atoms with Crippen molar-refractivity contribution in [1.29, 1.82) is 0 Å². The molecular formula is C18H22N6O4+2. The first-order chi connectivity index (χ1) is 13.6. The molecule has 0 saturated heterocycles. The van der Waals surface area contributed by atoms with Crippen LogP contribution < -0.4 is 19.8 Å². The Bertz CT molecular complexity index is 797. The van der Waals surface area contributed by atoms with Crippen LogP contribution in [0.3, 0.4) is 0 Å². The molecule has 0 unspecified atom stereocenters. The van der Waals surface area contributed by atoms with Gasteiger partial charge in [0.25, 0.3) is 11.8 Å². The molecule has 28 heavy (non-hydrogen) atoms. The standard InChI is InChI=1S/C18H20N6O4/c25-17(11-19-27)21-15-5-3-9-23(13-15)7-1-2-8-24-10-4-6-16(14-24)22-18(26)12-20-28/h3-6,9-14H,1-2,7-8H2,(H2-2,21,22,25,26,27,28)/p+2. The summed E-state index contributed by atoms with van der Waals surface area (Å²) in [5, 5.41) is 27.3. The number of aryl methyl sites for hydroxylation is 2. The molecule has 10 nitrogen and oxygen atoms in total. The number of carbonyl (C=O) groups is 2. The van der Waals surface area contributed by atoms with E-state index in [9.17, 15) is 9.59 Å². The number of unbranched alkanes of at least 4 members (excludes halogenated alkanes) is 1. The van der Waals surface area contributed by atoms with Crippen LogP contribution in [0, 0.1) is 0 Å². The first kappa shape index (κ1) is 20.5. The molecule has 0 radical (unpaired) electrons. The van der Waals surface area contributed by atoms with Crippen molar-refractivity contribution in [2.24, 2.45) is 10.3 Å². The van der Waals surface area contributed by atoms with Crippen molar-refractivity contribution in [1.82, 2.24) is 0 Å². The highest BCUT2D eigenvalue weighted by atomic mass is 16.4. The summed E-state index contributed by atoms with van der Waals surface area (Å²) < 4.78 is 3.92. The molecule has 0 aromatic carbocycles. The van der Waals surface area contributed by atoms with E-state index >= 15 is 0 Å². The van der Waals surface area contributed by atoms with E-state index in [1.54, 1.807) is 24.5 Å². The Hall–Kier alpha value is -3.82. The number of amides is 2. The fourth-order valence-electron chi connectivity index (χ4n) is 2.51. The zero-order valence-corrected chi connectivity index (χ0v) is 15.1. The molecule has 0 spiro atoms. The third-order valence-corrected chi connectivity index (χ3v) is 3.68. The van der Waals surface area contributed by atoms with E-state index in [4.69, 9.17) is 10.4 Å². The van der Waals surface area contributed by atoms with Crippen LogP contribution in [-0.2, 0) is 22.7 Å². The van der Waals surface area contributed by atoms with Gasteiger partial charge in [0.1, 0.15) is 36.9 Å². The number of nitrogens with one attached hydrogen (secondary N) is 2. The molecule has 0 saturated carbocycles. The molecule has 2 amide bonds. The Morgan fingerprint density at radius 1 is 0.857 bits per heavy atom. The maximum Gasteiger partial charge on any atom is 0.270 e. The van der Waals surface area contributed by atoms with Crippen molar-refractivity contribution in [3.63, 3.8) is 0 Å². The normalized spacial score (nSPS) is 11.0. The van der Waals surface area contributed by atoms with Gasteiger partial charge in [-0.05, 0) is 12.1 Å². The molecule has 0 bridgehead atoms. The fraction of sp³-hybridized carbons (Fsp3) is 0.222. The second-order valence-corrected chi connectivity index (χ2v) is 5.84. The maximum absolute atomic E-state index is 11.4. The highest BCUT2D eigenvalue weighted by molar-refractivity contribution is 6.31. The summed E-state index contributed by atoms with van der Waals surface area (Å²) in [6.45, 7) is 1.53. The zero-order valence-electron chi connectivity index (χ0n) is 15.1. The second-order valence-electron chi connectivity index (χ2n) is 5.84. The summed E-state index contributed by atoms with van der Waals surface area (Å²) in [4.78, 5) is 22.8. The van der Waals surface area contributed by atoms with E-state index in [2.05, 4.69) is 20.9 Å². The third-order valence-electron chi connectivity index (χ3n) is 3.68. The molecule has 0 fully saturated rings. The van der Waals surface area contributed by atoms with Gasteiger partial charge in [0, 0.05) is 25.0 Å². The SMILES string of the molecule is O=C(/C=N\O)Nc1ccc[n+](CCCC[n+]2cccc(NC(=O)/C=N\O)c2)c1. The summed E-state index contributed by atoms with van der Waals surface area (Å²) in [5.41, 5.74) is 1.22. The lowest BCUT2D eigenvalue weighted by molar-refractivity contribution is -0.707. The number of oxime groups is 2. The van der Waals surface area contributed by atoms with Gasteiger partial charge in [-0.15, -0.1) is 0 Å². The molecule has 0 aliphatic rings. The van der Waals surface area contributed by atoms with Crippen molar-refractivity contribution in [2.45, 2.75) is 25.9 Å². The van der Waals surface area contributed by atoms with Gasteiger partial charge in [-0.3, -0.25) is 9.59 Å².